The van der Waals surface area contributed by atoms with Crippen LogP contribution in [0, 0.1) is 0 Å². The lowest BCUT2D eigenvalue weighted by Crippen LogP contribution is -2.20. The van der Waals surface area contributed by atoms with E-state index < -0.39 is 0 Å². The van der Waals surface area contributed by atoms with Crippen molar-refractivity contribution >= 4 is 17.9 Å². The fraction of sp³-hybridized carbons (Fsp3) is 0.480. The van der Waals surface area contributed by atoms with Gasteiger partial charge in [0, 0.05) is 10.8 Å². The smallest absolute Gasteiger partial charge is 0.234 e. The van der Waals surface area contributed by atoms with E-state index in [2.05, 4.69) is 68.8 Å². The SMILES string of the molecule is CC(C)SNC(=O)Cc1ccc(OC2CCCC2)c(-c2ccccc2C(C)C)c1. The molecule has 1 amide bonds. The highest BCUT2D eigenvalue weighted by Gasteiger charge is 2.20. The van der Waals surface area contributed by atoms with Gasteiger partial charge in [0.2, 0.25) is 5.91 Å². The van der Waals surface area contributed by atoms with Crippen LogP contribution in [0.15, 0.2) is 42.5 Å². The first-order chi connectivity index (χ1) is 13.9. The van der Waals surface area contributed by atoms with Gasteiger partial charge >= 0.3 is 0 Å². The number of carbonyl (C=O) groups excluding carboxylic acids is 1. The molecule has 0 radical (unpaired) electrons. The first-order valence-corrected chi connectivity index (χ1v) is 11.7. The Kier molecular flexibility index (Phi) is 7.65. The minimum atomic E-state index is 0.0382. The van der Waals surface area contributed by atoms with Crippen molar-refractivity contribution in [1.29, 1.82) is 0 Å². The molecule has 0 bridgehead atoms. The molecule has 1 aliphatic rings. The molecular formula is C25H33NO2S. The van der Waals surface area contributed by atoms with Crippen LogP contribution in [0.1, 0.15) is 70.4 Å². The number of ether oxygens (including phenoxy) is 1. The molecule has 3 rings (SSSR count). The van der Waals surface area contributed by atoms with Crippen molar-refractivity contribution in [2.45, 2.75) is 77.1 Å². The molecule has 3 nitrogen and oxygen atoms in total. The van der Waals surface area contributed by atoms with Gasteiger partial charge in [0.15, 0.2) is 0 Å². The van der Waals surface area contributed by atoms with Gasteiger partial charge in [0.1, 0.15) is 5.75 Å². The fourth-order valence-electron chi connectivity index (χ4n) is 3.84. The number of carbonyl (C=O) groups is 1. The molecule has 0 atom stereocenters. The van der Waals surface area contributed by atoms with Gasteiger partial charge in [0.25, 0.3) is 0 Å². The summed E-state index contributed by atoms with van der Waals surface area (Å²) in [6.45, 7) is 8.58. The lowest BCUT2D eigenvalue weighted by atomic mass is 9.91. The van der Waals surface area contributed by atoms with E-state index in [1.807, 2.05) is 6.07 Å². The highest BCUT2D eigenvalue weighted by atomic mass is 32.2. The zero-order valence-electron chi connectivity index (χ0n) is 18.0. The summed E-state index contributed by atoms with van der Waals surface area (Å²) >= 11 is 1.47. The minimum Gasteiger partial charge on any atom is -0.490 e. The number of rotatable bonds is 8. The Bertz CT molecular complexity index is 825. The van der Waals surface area contributed by atoms with Gasteiger partial charge < -0.3 is 4.74 Å². The number of hydrogen-bond acceptors (Lipinski definition) is 3. The molecule has 1 fully saturated rings. The van der Waals surface area contributed by atoms with Crippen LogP contribution in [-0.2, 0) is 11.2 Å². The number of benzene rings is 2. The molecule has 0 unspecified atom stereocenters. The molecule has 4 heteroatoms. The van der Waals surface area contributed by atoms with E-state index >= 15 is 0 Å². The molecule has 0 aliphatic heterocycles. The second-order valence-corrected chi connectivity index (χ2v) is 9.85. The third-order valence-corrected chi connectivity index (χ3v) is 6.10. The van der Waals surface area contributed by atoms with Crippen LogP contribution in [0.3, 0.4) is 0 Å². The average Bonchev–Trinajstić information content (AvgIpc) is 3.20. The largest absolute Gasteiger partial charge is 0.490 e. The van der Waals surface area contributed by atoms with Crippen molar-refractivity contribution < 1.29 is 9.53 Å². The first-order valence-electron chi connectivity index (χ1n) is 10.8. The summed E-state index contributed by atoms with van der Waals surface area (Å²) in [6.07, 6.45) is 5.42. The maximum absolute atomic E-state index is 12.3. The number of hydrogen-bond donors (Lipinski definition) is 1. The molecule has 156 valence electrons. The van der Waals surface area contributed by atoms with Gasteiger partial charge in [-0.1, -0.05) is 58.0 Å². The Morgan fingerprint density at radius 1 is 1.07 bits per heavy atom. The maximum atomic E-state index is 12.3. The Hall–Kier alpha value is -1.94. The summed E-state index contributed by atoms with van der Waals surface area (Å²) in [6, 6.07) is 14.8. The molecule has 0 heterocycles. The Balaban J connectivity index is 1.92. The molecule has 2 aromatic carbocycles. The second kappa shape index (κ2) is 10.2. The van der Waals surface area contributed by atoms with E-state index in [0.29, 0.717) is 23.7 Å². The van der Waals surface area contributed by atoms with Crippen molar-refractivity contribution in [3.05, 3.63) is 53.6 Å². The normalized spacial score (nSPS) is 14.6. The van der Waals surface area contributed by atoms with Gasteiger partial charge in [-0.15, -0.1) is 0 Å². The molecule has 0 aromatic heterocycles. The first kappa shape index (κ1) is 21.8. The number of amides is 1. The predicted molar refractivity (Wildman–Crippen MR) is 123 cm³/mol. The van der Waals surface area contributed by atoms with Gasteiger partial charge in [-0.3, -0.25) is 9.52 Å². The second-order valence-electron chi connectivity index (χ2n) is 8.47. The maximum Gasteiger partial charge on any atom is 0.234 e. The van der Waals surface area contributed by atoms with Crippen LogP contribution < -0.4 is 9.46 Å². The van der Waals surface area contributed by atoms with Crippen molar-refractivity contribution in [2.24, 2.45) is 0 Å². The zero-order valence-corrected chi connectivity index (χ0v) is 18.9. The van der Waals surface area contributed by atoms with Crippen LogP contribution in [0.2, 0.25) is 0 Å². The lowest BCUT2D eigenvalue weighted by molar-refractivity contribution is -0.118. The molecule has 2 aromatic rings. The summed E-state index contributed by atoms with van der Waals surface area (Å²) in [4.78, 5) is 12.3. The van der Waals surface area contributed by atoms with Crippen LogP contribution in [0.4, 0.5) is 0 Å². The molecule has 1 N–H and O–H groups in total. The van der Waals surface area contributed by atoms with Gasteiger partial charge in [-0.25, -0.2) is 0 Å². The van der Waals surface area contributed by atoms with E-state index in [4.69, 9.17) is 4.74 Å². The van der Waals surface area contributed by atoms with E-state index in [1.54, 1.807) is 0 Å². The van der Waals surface area contributed by atoms with E-state index in [0.717, 1.165) is 29.7 Å². The van der Waals surface area contributed by atoms with Gasteiger partial charge in [0.05, 0.1) is 12.5 Å². The van der Waals surface area contributed by atoms with Crippen molar-refractivity contribution in [2.75, 3.05) is 0 Å². The number of nitrogens with one attached hydrogen (secondary N) is 1. The van der Waals surface area contributed by atoms with Crippen LogP contribution in [0.25, 0.3) is 11.1 Å². The standard InChI is InChI=1S/C25H33NO2S/c1-17(2)21-11-7-8-12-22(21)23-15-19(16-25(27)26-29-18(3)4)13-14-24(23)28-20-9-5-6-10-20/h7-8,11-15,17-18,20H,5-6,9-10,16H2,1-4H3,(H,26,27). The predicted octanol–water partition coefficient (Wildman–Crippen LogP) is 6.51. The van der Waals surface area contributed by atoms with Crippen LogP contribution >= 0.6 is 11.9 Å². The summed E-state index contributed by atoms with van der Waals surface area (Å²) < 4.78 is 9.37. The van der Waals surface area contributed by atoms with Gasteiger partial charge in [-0.2, -0.15) is 0 Å². The van der Waals surface area contributed by atoms with Crippen molar-refractivity contribution in [3.8, 4) is 16.9 Å². The van der Waals surface area contributed by atoms with Crippen molar-refractivity contribution in [1.82, 2.24) is 4.72 Å². The minimum absolute atomic E-state index is 0.0382. The quantitative estimate of drug-likeness (QED) is 0.503. The molecule has 0 saturated heterocycles. The van der Waals surface area contributed by atoms with E-state index in [9.17, 15) is 4.79 Å². The fourth-order valence-corrected chi connectivity index (χ4v) is 4.28. The topological polar surface area (TPSA) is 38.3 Å². The highest BCUT2D eigenvalue weighted by molar-refractivity contribution is 7.98. The Morgan fingerprint density at radius 2 is 1.79 bits per heavy atom. The summed E-state index contributed by atoms with van der Waals surface area (Å²) in [5.41, 5.74) is 4.62. The van der Waals surface area contributed by atoms with E-state index in [1.165, 1.54) is 35.9 Å². The molecule has 1 saturated carbocycles. The molecule has 29 heavy (non-hydrogen) atoms. The van der Waals surface area contributed by atoms with Gasteiger partial charge in [-0.05, 0) is 72.4 Å². The molecule has 1 aliphatic carbocycles. The van der Waals surface area contributed by atoms with E-state index in [-0.39, 0.29) is 5.91 Å². The highest BCUT2D eigenvalue weighted by Crippen LogP contribution is 2.38. The lowest BCUT2D eigenvalue weighted by Gasteiger charge is -2.20. The molecular weight excluding hydrogens is 378 g/mol. The third kappa shape index (κ3) is 6.02. The Labute approximate surface area is 179 Å². The van der Waals surface area contributed by atoms with Crippen molar-refractivity contribution in [3.63, 3.8) is 0 Å². The third-order valence-electron chi connectivity index (χ3n) is 5.29. The monoisotopic (exact) mass is 411 g/mol. The average molecular weight is 412 g/mol. The Morgan fingerprint density at radius 3 is 2.48 bits per heavy atom. The van der Waals surface area contributed by atoms with Crippen LogP contribution in [-0.4, -0.2) is 17.3 Å². The zero-order chi connectivity index (χ0) is 20.8. The van der Waals surface area contributed by atoms with Crippen LogP contribution in [0.5, 0.6) is 5.75 Å². The summed E-state index contributed by atoms with van der Waals surface area (Å²) in [5.74, 6) is 1.39. The molecule has 0 spiro atoms. The summed E-state index contributed by atoms with van der Waals surface area (Å²) in [5, 5.41) is 0.370. The summed E-state index contributed by atoms with van der Waals surface area (Å²) in [7, 11) is 0.